The number of carboxylic acid groups (broad SMARTS) is 1. The standard InChI is InChI=1S/C10H11ClFNO3/c1-16-8-3-5(2-7(11)9(8)12)6(4-13)10(14)15/h2-3,6H,4,13H2,1H3,(H,14,15). The lowest BCUT2D eigenvalue weighted by molar-refractivity contribution is -0.138. The van der Waals surface area contributed by atoms with Crippen molar-refractivity contribution in [3.8, 4) is 5.75 Å². The molecule has 0 fully saturated rings. The molecule has 0 spiro atoms. The van der Waals surface area contributed by atoms with Crippen molar-refractivity contribution in [1.82, 2.24) is 0 Å². The van der Waals surface area contributed by atoms with Gasteiger partial charge in [-0.15, -0.1) is 0 Å². The van der Waals surface area contributed by atoms with E-state index in [1.165, 1.54) is 19.2 Å². The van der Waals surface area contributed by atoms with E-state index < -0.39 is 17.7 Å². The van der Waals surface area contributed by atoms with Crippen molar-refractivity contribution in [3.63, 3.8) is 0 Å². The van der Waals surface area contributed by atoms with Gasteiger partial charge in [0.1, 0.15) is 0 Å². The lowest BCUT2D eigenvalue weighted by Gasteiger charge is -2.12. The normalized spacial score (nSPS) is 12.2. The average molecular weight is 248 g/mol. The Bertz CT molecular complexity index is 411. The van der Waals surface area contributed by atoms with Crippen molar-refractivity contribution in [2.75, 3.05) is 13.7 Å². The van der Waals surface area contributed by atoms with Crippen LogP contribution in [0.5, 0.6) is 5.75 Å². The minimum absolute atomic E-state index is 0.0952. The van der Waals surface area contributed by atoms with Crippen LogP contribution in [0, 0.1) is 5.82 Å². The molecule has 0 radical (unpaired) electrons. The highest BCUT2D eigenvalue weighted by Crippen LogP contribution is 2.29. The zero-order valence-corrected chi connectivity index (χ0v) is 9.29. The smallest absolute Gasteiger partial charge is 0.312 e. The van der Waals surface area contributed by atoms with Gasteiger partial charge in [-0.2, -0.15) is 0 Å². The van der Waals surface area contributed by atoms with Gasteiger partial charge in [-0.1, -0.05) is 11.6 Å². The highest BCUT2D eigenvalue weighted by Gasteiger charge is 2.21. The average Bonchev–Trinajstić information content (AvgIpc) is 2.23. The van der Waals surface area contributed by atoms with Crippen LogP contribution >= 0.6 is 11.6 Å². The van der Waals surface area contributed by atoms with Gasteiger partial charge in [0, 0.05) is 6.54 Å². The fourth-order valence-corrected chi connectivity index (χ4v) is 1.53. The molecule has 0 saturated carbocycles. The van der Waals surface area contributed by atoms with Crippen LogP contribution in [0.15, 0.2) is 12.1 Å². The second kappa shape index (κ2) is 5.14. The lowest BCUT2D eigenvalue weighted by Crippen LogP contribution is -2.21. The molecule has 1 aromatic carbocycles. The molecule has 0 amide bonds. The van der Waals surface area contributed by atoms with Crippen molar-refractivity contribution in [1.29, 1.82) is 0 Å². The summed E-state index contributed by atoms with van der Waals surface area (Å²) in [5.41, 5.74) is 5.64. The Labute approximate surface area is 96.8 Å². The first-order chi connectivity index (χ1) is 7.51. The number of hydrogen-bond donors (Lipinski definition) is 2. The second-order valence-electron chi connectivity index (χ2n) is 3.15. The number of aliphatic carboxylic acids is 1. The minimum Gasteiger partial charge on any atom is -0.494 e. The van der Waals surface area contributed by atoms with Gasteiger partial charge in [-0.05, 0) is 17.7 Å². The molecule has 88 valence electrons. The summed E-state index contributed by atoms with van der Waals surface area (Å²) < 4.78 is 18.1. The number of carboxylic acids is 1. The monoisotopic (exact) mass is 247 g/mol. The van der Waals surface area contributed by atoms with E-state index in [1.54, 1.807) is 0 Å². The molecule has 1 unspecified atom stereocenters. The molecular weight excluding hydrogens is 237 g/mol. The van der Waals surface area contributed by atoms with Gasteiger partial charge in [0.2, 0.25) is 0 Å². The summed E-state index contributed by atoms with van der Waals surface area (Å²) in [5.74, 6) is -2.82. The maximum absolute atomic E-state index is 13.3. The molecule has 16 heavy (non-hydrogen) atoms. The third kappa shape index (κ3) is 2.43. The summed E-state index contributed by atoms with van der Waals surface area (Å²) in [5, 5.41) is 8.71. The Balaban J connectivity index is 3.24. The van der Waals surface area contributed by atoms with E-state index in [0.717, 1.165) is 0 Å². The van der Waals surface area contributed by atoms with Crippen molar-refractivity contribution in [2.45, 2.75) is 5.92 Å². The van der Waals surface area contributed by atoms with Gasteiger partial charge >= 0.3 is 5.97 Å². The lowest BCUT2D eigenvalue weighted by atomic mass is 9.99. The van der Waals surface area contributed by atoms with Crippen molar-refractivity contribution < 1.29 is 19.0 Å². The summed E-state index contributed by atoms with van der Waals surface area (Å²) in [4.78, 5) is 10.9. The summed E-state index contributed by atoms with van der Waals surface area (Å²) in [6.45, 7) is -0.0968. The van der Waals surface area contributed by atoms with Crippen LogP contribution < -0.4 is 10.5 Å². The zero-order chi connectivity index (χ0) is 12.3. The number of carbonyl (C=O) groups is 1. The first kappa shape index (κ1) is 12.7. The number of nitrogens with two attached hydrogens (primary N) is 1. The molecule has 0 saturated heterocycles. The van der Waals surface area contributed by atoms with Crippen molar-refractivity contribution >= 4 is 17.6 Å². The zero-order valence-electron chi connectivity index (χ0n) is 8.54. The molecule has 0 aliphatic heterocycles. The summed E-state index contributed by atoms with van der Waals surface area (Å²) in [6.07, 6.45) is 0. The second-order valence-corrected chi connectivity index (χ2v) is 3.55. The molecule has 0 heterocycles. The van der Waals surface area contributed by atoms with Gasteiger partial charge < -0.3 is 15.6 Å². The molecule has 4 nitrogen and oxygen atoms in total. The molecule has 6 heteroatoms. The van der Waals surface area contributed by atoms with E-state index in [-0.39, 0.29) is 17.3 Å². The predicted molar refractivity (Wildman–Crippen MR) is 57.4 cm³/mol. The summed E-state index contributed by atoms with van der Waals surface area (Å²) in [7, 11) is 1.27. The number of ether oxygens (including phenoxy) is 1. The molecule has 0 aromatic heterocycles. The number of hydrogen-bond acceptors (Lipinski definition) is 3. The van der Waals surface area contributed by atoms with Crippen molar-refractivity contribution in [3.05, 3.63) is 28.5 Å². The van der Waals surface area contributed by atoms with Gasteiger partial charge in [-0.3, -0.25) is 4.79 Å². The SMILES string of the molecule is COc1cc(C(CN)C(=O)O)cc(Cl)c1F. The Hall–Kier alpha value is -1.33. The first-order valence-corrected chi connectivity index (χ1v) is 4.84. The third-order valence-corrected chi connectivity index (χ3v) is 2.45. The Kier molecular flexibility index (Phi) is 4.09. The van der Waals surface area contributed by atoms with E-state index in [1.807, 2.05) is 0 Å². The van der Waals surface area contributed by atoms with Crippen LogP contribution in [0.25, 0.3) is 0 Å². The van der Waals surface area contributed by atoms with Crippen LogP contribution in [-0.4, -0.2) is 24.7 Å². The van der Waals surface area contributed by atoms with Gasteiger partial charge in [0.25, 0.3) is 0 Å². The minimum atomic E-state index is -1.09. The van der Waals surface area contributed by atoms with E-state index >= 15 is 0 Å². The Morgan fingerprint density at radius 3 is 2.75 bits per heavy atom. The van der Waals surface area contributed by atoms with Crippen LogP contribution in [0.2, 0.25) is 5.02 Å². The quantitative estimate of drug-likeness (QED) is 0.848. The topological polar surface area (TPSA) is 72.5 Å². The van der Waals surface area contributed by atoms with E-state index in [4.69, 9.17) is 27.2 Å². The molecule has 0 bridgehead atoms. The number of rotatable bonds is 4. The summed E-state index contributed by atoms with van der Waals surface area (Å²) >= 11 is 5.61. The van der Waals surface area contributed by atoms with Crippen LogP contribution in [0.1, 0.15) is 11.5 Å². The van der Waals surface area contributed by atoms with Crippen LogP contribution in [0.3, 0.4) is 0 Å². The molecule has 3 N–H and O–H groups in total. The van der Waals surface area contributed by atoms with Gasteiger partial charge in [0.05, 0.1) is 18.1 Å². The van der Waals surface area contributed by atoms with Crippen LogP contribution in [-0.2, 0) is 4.79 Å². The fraction of sp³-hybridized carbons (Fsp3) is 0.300. The van der Waals surface area contributed by atoms with Crippen LogP contribution in [0.4, 0.5) is 4.39 Å². The largest absolute Gasteiger partial charge is 0.494 e. The maximum atomic E-state index is 13.3. The Morgan fingerprint density at radius 2 is 2.31 bits per heavy atom. The highest BCUT2D eigenvalue weighted by atomic mass is 35.5. The molecule has 1 aromatic rings. The number of halogens is 2. The molecule has 1 rings (SSSR count). The number of methoxy groups -OCH3 is 1. The van der Waals surface area contributed by atoms with Gasteiger partial charge in [-0.25, -0.2) is 4.39 Å². The van der Waals surface area contributed by atoms with E-state index in [9.17, 15) is 9.18 Å². The highest BCUT2D eigenvalue weighted by molar-refractivity contribution is 6.31. The van der Waals surface area contributed by atoms with Gasteiger partial charge in [0.15, 0.2) is 11.6 Å². The maximum Gasteiger partial charge on any atom is 0.312 e. The molecule has 1 atom stereocenters. The molecule has 0 aliphatic carbocycles. The predicted octanol–water partition coefficient (Wildman–Crippen LogP) is 1.61. The fourth-order valence-electron chi connectivity index (χ4n) is 1.31. The molecular formula is C10H11ClFNO3. The van der Waals surface area contributed by atoms with Crippen molar-refractivity contribution in [2.24, 2.45) is 5.73 Å². The van der Waals surface area contributed by atoms with E-state index in [2.05, 4.69) is 0 Å². The number of benzene rings is 1. The summed E-state index contributed by atoms with van der Waals surface area (Å²) in [6, 6.07) is 2.53. The molecule has 0 aliphatic rings. The first-order valence-electron chi connectivity index (χ1n) is 4.47. The third-order valence-electron chi connectivity index (χ3n) is 2.17. The van der Waals surface area contributed by atoms with E-state index in [0.29, 0.717) is 5.56 Å². The Morgan fingerprint density at radius 1 is 1.69 bits per heavy atom.